The normalized spacial score (nSPS) is 15.3. The van der Waals surface area contributed by atoms with Crippen LogP contribution >= 0.6 is 0 Å². The van der Waals surface area contributed by atoms with E-state index in [9.17, 15) is 4.79 Å². The monoisotopic (exact) mass is 310 g/mol. The molecular formula is C20H26N2O. The third-order valence-corrected chi connectivity index (χ3v) is 5.12. The molecule has 0 atom stereocenters. The zero-order chi connectivity index (χ0) is 16.4. The lowest BCUT2D eigenvalue weighted by Crippen LogP contribution is -2.30. The Morgan fingerprint density at radius 2 is 1.83 bits per heavy atom. The molecular weight excluding hydrogens is 284 g/mol. The highest BCUT2D eigenvalue weighted by molar-refractivity contribution is 5.61. The second kappa shape index (κ2) is 6.71. The van der Waals surface area contributed by atoms with Crippen LogP contribution < -0.4 is 10.9 Å². The predicted molar refractivity (Wildman–Crippen MR) is 95.7 cm³/mol. The Bertz CT molecular complexity index is 755. The second-order valence-electron chi connectivity index (χ2n) is 6.77. The Morgan fingerprint density at radius 1 is 1.09 bits per heavy atom. The SMILES string of the molecule is Cc1ccc(-c2ccc(CNC3CCCC3)c(=O)n2C)cc1C. The molecule has 0 spiro atoms. The number of nitrogens with zero attached hydrogens (tertiary/aromatic N) is 1. The average Bonchev–Trinajstić information content (AvgIpc) is 3.05. The first-order valence-electron chi connectivity index (χ1n) is 8.56. The first-order valence-corrected chi connectivity index (χ1v) is 8.56. The van der Waals surface area contributed by atoms with E-state index in [1.807, 2.05) is 13.1 Å². The van der Waals surface area contributed by atoms with Crippen LogP contribution in [0, 0.1) is 13.8 Å². The van der Waals surface area contributed by atoms with Gasteiger partial charge in [-0.25, -0.2) is 0 Å². The predicted octanol–water partition coefficient (Wildman–Crippen LogP) is 3.70. The van der Waals surface area contributed by atoms with Crippen molar-refractivity contribution in [1.29, 1.82) is 0 Å². The van der Waals surface area contributed by atoms with Crippen molar-refractivity contribution in [2.24, 2.45) is 7.05 Å². The van der Waals surface area contributed by atoms with E-state index in [0.29, 0.717) is 12.6 Å². The fourth-order valence-corrected chi connectivity index (χ4v) is 3.40. The Morgan fingerprint density at radius 3 is 2.52 bits per heavy atom. The van der Waals surface area contributed by atoms with Gasteiger partial charge >= 0.3 is 0 Å². The van der Waals surface area contributed by atoms with Gasteiger partial charge < -0.3 is 9.88 Å². The van der Waals surface area contributed by atoms with E-state index in [-0.39, 0.29) is 5.56 Å². The molecule has 1 aliphatic rings. The smallest absolute Gasteiger partial charge is 0.255 e. The molecule has 3 heteroatoms. The summed E-state index contributed by atoms with van der Waals surface area (Å²) in [6.07, 6.45) is 5.09. The number of benzene rings is 1. The number of rotatable bonds is 4. The minimum absolute atomic E-state index is 0.103. The van der Waals surface area contributed by atoms with Gasteiger partial charge in [0.15, 0.2) is 0 Å². The lowest BCUT2D eigenvalue weighted by atomic mass is 10.0. The lowest BCUT2D eigenvalue weighted by molar-refractivity contribution is 0.521. The van der Waals surface area contributed by atoms with E-state index in [2.05, 4.69) is 43.4 Å². The molecule has 1 N–H and O–H groups in total. The molecule has 0 aliphatic heterocycles. The van der Waals surface area contributed by atoms with Crippen molar-refractivity contribution in [3.05, 3.63) is 57.4 Å². The zero-order valence-electron chi connectivity index (χ0n) is 14.4. The molecule has 1 saturated carbocycles. The summed E-state index contributed by atoms with van der Waals surface area (Å²) in [7, 11) is 1.87. The van der Waals surface area contributed by atoms with Crippen LogP contribution in [0.2, 0.25) is 0 Å². The Labute approximate surface area is 138 Å². The van der Waals surface area contributed by atoms with Crippen LogP contribution in [0.3, 0.4) is 0 Å². The van der Waals surface area contributed by atoms with Crippen molar-refractivity contribution < 1.29 is 0 Å². The summed E-state index contributed by atoms with van der Waals surface area (Å²) in [5, 5.41) is 3.53. The number of aromatic nitrogens is 1. The van der Waals surface area contributed by atoms with Gasteiger partial charge in [0.25, 0.3) is 5.56 Å². The zero-order valence-corrected chi connectivity index (χ0v) is 14.4. The van der Waals surface area contributed by atoms with Crippen molar-refractivity contribution in [2.75, 3.05) is 0 Å². The minimum atomic E-state index is 0.103. The summed E-state index contributed by atoms with van der Waals surface area (Å²) >= 11 is 0. The van der Waals surface area contributed by atoms with Crippen LogP contribution in [0.25, 0.3) is 11.3 Å². The number of nitrogens with one attached hydrogen (secondary N) is 1. The van der Waals surface area contributed by atoms with Crippen LogP contribution in [0.15, 0.2) is 35.1 Å². The number of aryl methyl sites for hydroxylation is 2. The van der Waals surface area contributed by atoms with E-state index < -0.39 is 0 Å². The Kier molecular flexibility index (Phi) is 4.67. The average molecular weight is 310 g/mol. The molecule has 2 aromatic rings. The van der Waals surface area contributed by atoms with E-state index in [4.69, 9.17) is 0 Å². The molecule has 0 amide bonds. The molecule has 0 unspecified atom stereocenters. The van der Waals surface area contributed by atoms with Crippen LogP contribution in [0.4, 0.5) is 0 Å². The van der Waals surface area contributed by atoms with Gasteiger partial charge in [0.05, 0.1) is 5.69 Å². The summed E-state index contributed by atoms with van der Waals surface area (Å²) < 4.78 is 1.77. The standard InChI is InChI=1S/C20H26N2O/c1-14-8-9-16(12-15(14)2)19-11-10-17(20(23)22(19)3)13-21-18-6-4-5-7-18/h8-12,18,21H,4-7,13H2,1-3H3. The summed E-state index contributed by atoms with van der Waals surface area (Å²) in [6.45, 7) is 4.89. The topological polar surface area (TPSA) is 34.0 Å². The van der Waals surface area contributed by atoms with Crippen LogP contribution in [0.1, 0.15) is 42.4 Å². The van der Waals surface area contributed by atoms with Crippen molar-refractivity contribution in [3.63, 3.8) is 0 Å². The molecule has 1 aromatic heterocycles. The maximum absolute atomic E-state index is 12.6. The van der Waals surface area contributed by atoms with Crippen molar-refractivity contribution in [2.45, 2.75) is 52.1 Å². The van der Waals surface area contributed by atoms with Gasteiger partial charge in [0.2, 0.25) is 0 Å². The van der Waals surface area contributed by atoms with Crippen LogP contribution in [-0.4, -0.2) is 10.6 Å². The summed E-state index contributed by atoms with van der Waals surface area (Å²) in [5.41, 5.74) is 5.56. The van der Waals surface area contributed by atoms with E-state index >= 15 is 0 Å². The molecule has 3 nitrogen and oxygen atoms in total. The van der Waals surface area contributed by atoms with Gasteiger partial charge in [-0.3, -0.25) is 4.79 Å². The first kappa shape index (κ1) is 16.0. The van der Waals surface area contributed by atoms with Gasteiger partial charge in [0, 0.05) is 25.2 Å². The molecule has 122 valence electrons. The molecule has 1 aliphatic carbocycles. The molecule has 0 saturated heterocycles. The quantitative estimate of drug-likeness (QED) is 0.934. The van der Waals surface area contributed by atoms with Crippen molar-refractivity contribution in [3.8, 4) is 11.3 Å². The maximum Gasteiger partial charge on any atom is 0.255 e. The lowest BCUT2D eigenvalue weighted by Gasteiger charge is -2.14. The molecule has 3 rings (SSSR count). The van der Waals surface area contributed by atoms with Gasteiger partial charge in [-0.15, -0.1) is 0 Å². The molecule has 23 heavy (non-hydrogen) atoms. The van der Waals surface area contributed by atoms with Gasteiger partial charge in [-0.05, 0) is 55.5 Å². The second-order valence-corrected chi connectivity index (χ2v) is 6.77. The largest absolute Gasteiger partial charge is 0.311 e. The van der Waals surface area contributed by atoms with E-state index in [1.165, 1.54) is 36.8 Å². The third kappa shape index (κ3) is 3.40. The molecule has 1 heterocycles. The third-order valence-electron chi connectivity index (χ3n) is 5.12. The molecule has 1 fully saturated rings. The fourth-order valence-electron chi connectivity index (χ4n) is 3.40. The van der Waals surface area contributed by atoms with Gasteiger partial charge in [0.1, 0.15) is 0 Å². The minimum Gasteiger partial charge on any atom is -0.311 e. The summed E-state index contributed by atoms with van der Waals surface area (Å²) in [4.78, 5) is 12.6. The van der Waals surface area contributed by atoms with Crippen LogP contribution in [-0.2, 0) is 13.6 Å². The number of pyridine rings is 1. The first-order chi connectivity index (χ1) is 11.1. The van der Waals surface area contributed by atoms with Gasteiger partial charge in [-0.1, -0.05) is 31.0 Å². The van der Waals surface area contributed by atoms with E-state index in [1.54, 1.807) is 4.57 Å². The number of hydrogen-bond donors (Lipinski definition) is 1. The van der Waals surface area contributed by atoms with Crippen molar-refractivity contribution >= 4 is 0 Å². The highest BCUT2D eigenvalue weighted by Gasteiger charge is 2.15. The van der Waals surface area contributed by atoms with E-state index in [0.717, 1.165) is 16.8 Å². The molecule has 0 radical (unpaired) electrons. The highest BCUT2D eigenvalue weighted by Crippen LogP contribution is 2.21. The van der Waals surface area contributed by atoms with Crippen molar-refractivity contribution in [1.82, 2.24) is 9.88 Å². The van der Waals surface area contributed by atoms with Crippen LogP contribution in [0.5, 0.6) is 0 Å². The maximum atomic E-state index is 12.6. The molecule has 0 bridgehead atoms. The summed E-state index contributed by atoms with van der Waals surface area (Å²) in [6, 6.07) is 11.0. The van der Waals surface area contributed by atoms with Gasteiger partial charge in [-0.2, -0.15) is 0 Å². The highest BCUT2D eigenvalue weighted by atomic mass is 16.1. The summed E-state index contributed by atoms with van der Waals surface area (Å²) in [5.74, 6) is 0. The number of hydrogen-bond acceptors (Lipinski definition) is 2. The Hall–Kier alpha value is -1.87. The fraction of sp³-hybridized carbons (Fsp3) is 0.450. The molecule has 1 aromatic carbocycles. The Balaban J connectivity index is 1.84.